The zero-order chi connectivity index (χ0) is 9.23. The van der Waals surface area contributed by atoms with E-state index in [1.165, 1.54) is 32.1 Å². The largest absolute Gasteiger partial charge is 0.0889 e. The highest BCUT2D eigenvalue weighted by Crippen LogP contribution is 2.13. The van der Waals surface area contributed by atoms with Crippen LogP contribution in [-0.2, 0) is 0 Å². The van der Waals surface area contributed by atoms with E-state index >= 15 is 0 Å². The van der Waals surface area contributed by atoms with Crippen molar-refractivity contribution in [1.82, 2.24) is 0 Å². The zero-order valence-electron chi connectivity index (χ0n) is 7.36. The molecule has 0 N–H and O–H groups in total. The Morgan fingerprint density at radius 3 is 2.50 bits per heavy atom. The standard InChI is InChI=1S/C10H16BrI/c1-10(11)8-6-4-2-3-5-7-9-12/h7,9H,1-6,8H2/b9-7+. The van der Waals surface area contributed by atoms with Crippen LogP contribution >= 0.6 is 38.5 Å². The van der Waals surface area contributed by atoms with Gasteiger partial charge in [0.25, 0.3) is 0 Å². The van der Waals surface area contributed by atoms with E-state index in [1.54, 1.807) is 0 Å². The summed E-state index contributed by atoms with van der Waals surface area (Å²) in [6.07, 6.45) is 9.87. The van der Waals surface area contributed by atoms with Gasteiger partial charge in [0.1, 0.15) is 0 Å². The first-order valence-electron chi connectivity index (χ1n) is 4.36. The molecule has 0 nitrogen and oxygen atoms in total. The van der Waals surface area contributed by atoms with Gasteiger partial charge < -0.3 is 0 Å². The van der Waals surface area contributed by atoms with Crippen LogP contribution in [0.25, 0.3) is 0 Å². The van der Waals surface area contributed by atoms with Crippen molar-refractivity contribution in [3.8, 4) is 0 Å². The Bertz CT molecular complexity index is 141. The molecular weight excluding hydrogens is 327 g/mol. The summed E-state index contributed by atoms with van der Waals surface area (Å²) in [4.78, 5) is 0. The fraction of sp³-hybridized carbons (Fsp3) is 0.600. The summed E-state index contributed by atoms with van der Waals surface area (Å²) in [6, 6.07) is 0. The third-order valence-corrected chi connectivity index (χ3v) is 2.56. The molecule has 0 heterocycles. The van der Waals surface area contributed by atoms with E-state index in [4.69, 9.17) is 0 Å². The third-order valence-electron chi connectivity index (χ3n) is 1.66. The van der Waals surface area contributed by atoms with Crippen LogP contribution in [-0.4, -0.2) is 0 Å². The van der Waals surface area contributed by atoms with E-state index in [0.717, 1.165) is 10.9 Å². The van der Waals surface area contributed by atoms with Gasteiger partial charge in [-0.1, -0.05) is 64.0 Å². The van der Waals surface area contributed by atoms with E-state index in [9.17, 15) is 0 Å². The minimum atomic E-state index is 1.13. The van der Waals surface area contributed by atoms with Crippen LogP contribution in [0.1, 0.15) is 38.5 Å². The van der Waals surface area contributed by atoms with E-state index in [-0.39, 0.29) is 0 Å². The van der Waals surface area contributed by atoms with Crippen LogP contribution in [0.4, 0.5) is 0 Å². The number of allylic oxidation sites excluding steroid dienone is 2. The first-order chi connectivity index (χ1) is 5.77. The third kappa shape index (κ3) is 10.7. The summed E-state index contributed by atoms with van der Waals surface area (Å²) in [5.74, 6) is 0. The molecule has 0 saturated heterocycles. The maximum atomic E-state index is 3.81. The van der Waals surface area contributed by atoms with Gasteiger partial charge in [0.15, 0.2) is 0 Å². The molecule has 0 rings (SSSR count). The summed E-state index contributed by atoms with van der Waals surface area (Å²) in [5.41, 5.74) is 0. The minimum Gasteiger partial charge on any atom is -0.0889 e. The normalized spacial score (nSPS) is 10.8. The SMILES string of the molecule is C=C(Br)CCCCCC/C=C/I. The van der Waals surface area contributed by atoms with Crippen LogP contribution < -0.4 is 0 Å². The fourth-order valence-corrected chi connectivity index (χ4v) is 1.64. The van der Waals surface area contributed by atoms with E-state index in [2.05, 4.69) is 55.3 Å². The van der Waals surface area contributed by atoms with Crippen molar-refractivity contribution < 1.29 is 0 Å². The van der Waals surface area contributed by atoms with Gasteiger partial charge in [0, 0.05) is 0 Å². The van der Waals surface area contributed by atoms with Crippen molar-refractivity contribution in [3.05, 3.63) is 21.2 Å². The lowest BCUT2D eigenvalue weighted by atomic mass is 10.1. The molecule has 0 aromatic rings. The second-order valence-corrected chi connectivity index (χ2v) is 4.67. The Morgan fingerprint density at radius 2 is 1.92 bits per heavy atom. The topological polar surface area (TPSA) is 0 Å². The van der Waals surface area contributed by atoms with E-state index in [1.807, 2.05) is 0 Å². The van der Waals surface area contributed by atoms with Crippen molar-refractivity contribution in [1.29, 1.82) is 0 Å². The molecule has 2 heteroatoms. The molecule has 0 bridgehead atoms. The molecule has 0 aromatic carbocycles. The van der Waals surface area contributed by atoms with Gasteiger partial charge in [-0.15, -0.1) is 0 Å². The summed E-state index contributed by atoms with van der Waals surface area (Å²) in [6.45, 7) is 3.81. The molecule has 0 aliphatic carbocycles. The van der Waals surface area contributed by atoms with E-state index < -0.39 is 0 Å². The second kappa shape index (κ2) is 9.78. The Labute approximate surface area is 97.8 Å². The van der Waals surface area contributed by atoms with Gasteiger partial charge in [0.2, 0.25) is 0 Å². The molecule has 70 valence electrons. The molecule has 0 fully saturated rings. The zero-order valence-corrected chi connectivity index (χ0v) is 11.1. The van der Waals surface area contributed by atoms with E-state index in [0.29, 0.717) is 0 Å². The molecule has 0 atom stereocenters. The van der Waals surface area contributed by atoms with Crippen LogP contribution in [0.3, 0.4) is 0 Å². The smallest absolute Gasteiger partial charge is 0.0121 e. The predicted octanol–water partition coefficient (Wildman–Crippen LogP) is 5.18. The first kappa shape index (κ1) is 12.7. The van der Waals surface area contributed by atoms with Crippen molar-refractivity contribution in [2.24, 2.45) is 0 Å². The van der Waals surface area contributed by atoms with Crippen LogP contribution in [0.15, 0.2) is 21.2 Å². The first-order valence-corrected chi connectivity index (χ1v) is 6.39. The Morgan fingerprint density at radius 1 is 1.25 bits per heavy atom. The lowest BCUT2D eigenvalue weighted by molar-refractivity contribution is 0.651. The van der Waals surface area contributed by atoms with Crippen molar-refractivity contribution in [2.75, 3.05) is 0 Å². The van der Waals surface area contributed by atoms with Crippen LogP contribution in [0, 0.1) is 0 Å². The number of hydrogen-bond donors (Lipinski definition) is 0. The Kier molecular flexibility index (Phi) is 10.3. The van der Waals surface area contributed by atoms with Gasteiger partial charge in [-0.05, 0) is 34.2 Å². The fourth-order valence-electron chi connectivity index (χ4n) is 0.996. The predicted molar refractivity (Wildman–Crippen MR) is 68.9 cm³/mol. The lowest BCUT2D eigenvalue weighted by Crippen LogP contribution is -1.77. The minimum absolute atomic E-state index is 1.13. The van der Waals surface area contributed by atoms with Crippen molar-refractivity contribution >= 4 is 38.5 Å². The summed E-state index contributed by atoms with van der Waals surface area (Å²) in [5, 5.41) is 0. The van der Waals surface area contributed by atoms with Gasteiger partial charge >= 0.3 is 0 Å². The molecule has 0 aliphatic rings. The van der Waals surface area contributed by atoms with Crippen LogP contribution in [0.2, 0.25) is 0 Å². The monoisotopic (exact) mass is 342 g/mol. The van der Waals surface area contributed by atoms with Crippen molar-refractivity contribution in [2.45, 2.75) is 38.5 Å². The van der Waals surface area contributed by atoms with Crippen molar-refractivity contribution in [3.63, 3.8) is 0 Å². The quantitative estimate of drug-likeness (QED) is 0.441. The van der Waals surface area contributed by atoms with Gasteiger partial charge in [-0.3, -0.25) is 0 Å². The molecule has 0 aliphatic heterocycles. The highest BCUT2D eigenvalue weighted by atomic mass is 127. The lowest BCUT2D eigenvalue weighted by Gasteiger charge is -1.98. The summed E-state index contributed by atoms with van der Waals surface area (Å²) < 4.78 is 3.23. The molecule has 0 unspecified atom stereocenters. The summed E-state index contributed by atoms with van der Waals surface area (Å²) in [7, 11) is 0. The molecule has 0 amide bonds. The molecule has 0 radical (unpaired) electrons. The maximum absolute atomic E-state index is 3.81. The van der Waals surface area contributed by atoms with Gasteiger partial charge in [0.05, 0.1) is 0 Å². The highest BCUT2D eigenvalue weighted by molar-refractivity contribution is 14.1. The summed E-state index contributed by atoms with van der Waals surface area (Å²) >= 11 is 5.63. The second-order valence-electron chi connectivity index (χ2n) is 2.83. The maximum Gasteiger partial charge on any atom is -0.0121 e. The number of rotatable bonds is 7. The molecular formula is C10H16BrI. The molecule has 0 aromatic heterocycles. The molecule has 0 spiro atoms. The van der Waals surface area contributed by atoms with Gasteiger partial charge in [-0.25, -0.2) is 0 Å². The number of unbranched alkanes of at least 4 members (excludes halogenated alkanes) is 4. The average molecular weight is 343 g/mol. The Balaban J connectivity index is 2.96. The van der Waals surface area contributed by atoms with Gasteiger partial charge in [-0.2, -0.15) is 0 Å². The van der Waals surface area contributed by atoms with Crippen LogP contribution in [0.5, 0.6) is 0 Å². The Hall–Kier alpha value is 0.690. The molecule has 12 heavy (non-hydrogen) atoms. The average Bonchev–Trinajstić information content (AvgIpc) is 2.02. The number of hydrogen-bond acceptors (Lipinski definition) is 0. The molecule has 0 saturated carbocycles. The number of halogens is 2. The highest BCUT2D eigenvalue weighted by Gasteiger charge is 1.90.